The lowest BCUT2D eigenvalue weighted by Gasteiger charge is -2.28. The minimum Gasteiger partial charge on any atom is -0.493 e. The zero-order valence-electron chi connectivity index (χ0n) is 12.9. The normalized spacial score (nSPS) is 14.0. The largest absolute Gasteiger partial charge is 0.493 e. The molecule has 1 atom stereocenters. The first-order chi connectivity index (χ1) is 10.2. The molecule has 0 spiro atoms. The summed E-state index contributed by atoms with van der Waals surface area (Å²) in [6.45, 7) is 5.77. The average molecular weight is 287 g/mol. The highest BCUT2D eigenvalue weighted by Crippen LogP contribution is 2.25. The van der Waals surface area contributed by atoms with Crippen LogP contribution in [0, 0.1) is 0 Å². The summed E-state index contributed by atoms with van der Waals surface area (Å²) < 4.78 is 5.95. The Hall–Kier alpha value is -1.58. The first-order valence-electron chi connectivity index (χ1n) is 7.65. The molecule has 0 radical (unpaired) electrons. The number of benzene rings is 2. The average Bonchev–Trinajstić information content (AvgIpc) is 2.53. The number of ether oxygens (including phenoxy) is 1. The first kappa shape index (κ1) is 15.8. The standard InChI is InChI=1S/C18H25NO2/c1-3-12-19-18(2,14-20)11-13-21-17-10-6-8-15-7-4-5-9-16(15)17/h4-10,19-20H,3,11-14H2,1-2H3. The molecule has 0 aliphatic carbocycles. The summed E-state index contributed by atoms with van der Waals surface area (Å²) in [4.78, 5) is 0. The molecule has 0 saturated heterocycles. The van der Waals surface area contributed by atoms with Crippen LogP contribution in [0.2, 0.25) is 0 Å². The minimum atomic E-state index is -0.277. The van der Waals surface area contributed by atoms with Gasteiger partial charge in [0.25, 0.3) is 0 Å². The number of aliphatic hydroxyl groups excluding tert-OH is 1. The van der Waals surface area contributed by atoms with Crippen LogP contribution in [0.15, 0.2) is 42.5 Å². The summed E-state index contributed by atoms with van der Waals surface area (Å²) in [7, 11) is 0. The maximum atomic E-state index is 9.56. The molecule has 0 aromatic heterocycles. The van der Waals surface area contributed by atoms with Crippen molar-refractivity contribution in [1.82, 2.24) is 5.32 Å². The van der Waals surface area contributed by atoms with E-state index in [1.54, 1.807) is 0 Å². The lowest BCUT2D eigenvalue weighted by Crippen LogP contribution is -2.47. The minimum absolute atomic E-state index is 0.117. The number of hydrogen-bond acceptors (Lipinski definition) is 3. The quantitative estimate of drug-likeness (QED) is 0.782. The van der Waals surface area contributed by atoms with Gasteiger partial charge in [-0.05, 0) is 31.3 Å². The van der Waals surface area contributed by atoms with Crippen molar-refractivity contribution in [3.63, 3.8) is 0 Å². The summed E-state index contributed by atoms with van der Waals surface area (Å²) in [5, 5.41) is 15.3. The van der Waals surface area contributed by atoms with Crippen LogP contribution in [-0.2, 0) is 0 Å². The van der Waals surface area contributed by atoms with Gasteiger partial charge in [0, 0.05) is 17.3 Å². The van der Waals surface area contributed by atoms with Crippen LogP contribution in [0.4, 0.5) is 0 Å². The first-order valence-corrected chi connectivity index (χ1v) is 7.65. The molecule has 0 heterocycles. The summed E-state index contributed by atoms with van der Waals surface area (Å²) >= 11 is 0. The molecule has 2 N–H and O–H groups in total. The van der Waals surface area contributed by atoms with Crippen molar-refractivity contribution in [3.05, 3.63) is 42.5 Å². The van der Waals surface area contributed by atoms with Crippen LogP contribution in [-0.4, -0.2) is 30.4 Å². The highest BCUT2D eigenvalue weighted by Gasteiger charge is 2.22. The molecule has 3 nitrogen and oxygen atoms in total. The zero-order chi connectivity index (χ0) is 15.1. The molecular formula is C18H25NO2. The van der Waals surface area contributed by atoms with Gasteiger partial charge in [0.05, 0.1) is 13.2 Å². The predicted octanol–water partition coefficient (Wildman–Crippen LogP) is 3.36. The Morgan fingerprint density at radius 2 is 1.90 bits per heavy atom. The molecule has 3 heteroatoms. The molecule has 0 aliphatic rings. The van der Waals surface area contributed by atoms with Gasteiger partial charge in [0.15, 0.2) is 0 Å². The Morgan fingerprint density at radius 3 is 2.67 bits per heavy atom. The van der Waals surface area contributed by atoms with E-state index in [0.29, 0.717) is 6.61 Å². The van der Waals surface area contributed by atoms with Crippen LogP contribution in [0.5, 0.6) is 5.75 Å². The van der Waals surface area contributed by atoms with Gasteiger partial charge in [-0.1, -0.05) is 43.3 Å². The Balaban J connectivity index is 1.98. The van der Waals surface area contributed by atoms with E-state index in [2.05, 4.69) is 30.4 Å². The molecule has 2 aromatic rings. The Bertz CT molecular complexity index is 565. The second-order valence-corrected chi connectivity index (χ2v) is 5.72. The van der Waals surface area contributed by atoms with Gasteiger partial charge < -0.3 is 15.2 Å². The SMILES string of the molecule is CCCNC(C)(CO)CCOc1cccc2ccccc12. The van der Waals surface area contributed by atoms with Crippen molar-refractivity contribution in [2.75, 3.05) is 19.8 Å². The van der Waals surface area contributed by atoms with Gasteiger partial charge in [-0.15, -0.1) is 0 Å². The van der Waals surface area contributed by atoms with E-state index in [1.807, 2.05) is 31.2 Å². The fraction of sp³-hybridized carbons (Fsp3) is 0.444. The lowest BCUT2D eigenvalue weighted by molar-refractivity contribution is 0.144. The highest BCUT2D eigenvalue weighted by atomic mass is 16.5. The fourth-order valence-corrected chi connectivity index (χ4v) is 2.36. The number of nitrogens with one attached hydrogen (secondary N) is 1. The number of fused-ring (bicyclic) bond motifs is 1. The zero-order valence-corrected chi connectivity index (χ0v) is 12.9. The van der Waals surface area contributed by atoms with Crippen LogP contribution < -0.4 is 10.1 Å². The molecule has 0 aliphatic heterocycles. The van der Waals surface area contributed by atoms with Crippen LogP contribution >= 0.6 is 0 Å². The lowest BCUT2D eigenvalue weighted by atomic mass is 9.99. The Labute approximate surface area is 126 Å². The molecule has 0 amide bonds. The predicted molar refractivity (Wildman–Crippen MR) is 87.8 cm³/mol. The second-order valence-electron chi connectivity index (χ2n) is 5.72. The number of hydrogen-bond donors (Lipinski definition) is 2. The molecule has 2 aromatic carbocycles. The summed E-state index contributed by atoms with van der Waals surface area (Å²) in [5.41, 5.74) is -0.277. The third-order valence-electron chi connectivity index (χ3n) is 3.81. The van der Waals surface area contributed by atoms with E-state index in [4.69, 9.17) is 4.74 Å². The molecule has 2 rings (SSSR count). The smallest absolute Gasteiger partial charge is 0.127 e. The second kappa shape index (κ2) is 7.43. The van der Waals surface area contributed by atoms with Crippen molar-refractivity contribution < 1.29 is 9.84 Å². The van der Waals surface area contributed by atoms with Crippen LogP contribution in [0.1, 0.15) is 26.7 Å². The maximum absolute atomic E-state index is 9.56. The van der Waals surface area contributed by atoms with Crippen molar-refractivity contribution in [1.29, 1.82) is 0 Å². The van der Waals surface area contributed by atoms with Gasteiger partial charge in [-0.2, -0.15) is 0 Å². The third kappa shape index (κ3) is 4.19. The van der Waals surface area contributed by atoms with Crippen LogP contribution in [0.25, 0.3) is 10.8 Å². The van der Waals surface area contributed by atoms with Crippen molar-refractivity contribution in [2.45, 2.75) is 32.2 Å². The summed E-state index contributed by atoms with van der Waals surface area (Å²) in [6, 6.07) is 14.3. The monoisotopic (exact) mass is 287 g/mol. The topological polar surface area (TPSA) is 41.5 Å². The van der Waals surface area contributed by atoms with Gasteiger partial charge in [-0.3, -0.25) is 0 Å². The molecule has 0 saturated carbocycles. The van der Waals surface area contributed by atoms with Gasteiger partial charge >= 0.3 is 0 Å². The van der Waals surface area contributed by atoms with Crippen molar-refractivity contribution in [2.24, 2.45) is 0 Å². The Kier molecular flexibility index (Phi) is 5.59. The van der Waals surface area contributed by atoms with Gasteiger partial charge in [-0.25, -0.2) is 0 Å². The molecule has 1 unspecified atom stereocenters. The van der Waals surface area contributed by atoms with E-state index in [-0.39, 0.29) is 12.1 Å². The molecule has 0 fully saturated rings. The summed E-state index contributed by atoms with van der Waals surface area (Å²) in [6.07, 6.45) is 1.83. The van der Waals surface area contributed by atoms with E-state index in [0.717, 1.165) is 30.5 Å². The van der Waals surface area contributed by atoms with E-state index < -0.39 is 0 Å². The van der Waals surface area contributed by atoms with Crippen molar-refractivity contribution >= 4 is 10.8 Å². The molecular weight excluding hydrogens is 262 g/mol. The Morgan fingerprint density at radius 1 is 1.14 bits per heavy atom. The maximum Gasteiger partial charge on any atom is 0.127 e. The third-order valence-corrected chi connectivity index (χ3v) is 3.81. The van der Waals surface area contributed by atoms with Gasteiger partial charge in [0.1, 0.15) is 5.75 Å². The molecule has 21 heavy (non-hydrogen) atoms. The molecule has 0 bridgehead atoms. The highest BCUT2D eigenvalue weighted by molar-refractivity contribution is 5.88. The summed E-state index contributed by atoms with van der Waals surface area (Å²) in [5.74, 6) is 0.906. The molecule has 114 valence electrons. The number of aliphatic hydroxyl groups is 1. The van der Waals surface area contributed by atoms with E-state index in [9.17, 15) is 5.11 Å². The van der Waals surface area contributed by atoms with E-state index in [1.165, 1.54) is 5.39 Å². The van der Waals surface area contributed by atoms with E-state index >= 15 is 0 Å². The fourth-order valence-electron chi connectivity index (χ4n) is 2.36. The van der Waals surface area contributed by atoms with Crippen molar-refractivity contribution in [3.8, 4) is 5.75 Å². The van der Waals surface area contributed by atoms with Crippen LogP contribution in [0.3, 0.4) is 0 Å². The number of rotatable bonds is 8. The van der Waals surface area contributed by atoms with Gasteiger partial charge in [0.2, 0.25) is 0 Å².